The molecule has 2 aliphatic heterocycles. The van der Waals surface area contributed by atoms with E-state index >= 15 is 0 Å². The quantitative estimate of drug-likeness (QED) is 0.718. The van der Waals surface area contributed by atoms with Crippen LogP contribution in [0.5, 0.6) is 0 Å². The van der Waals surface area contributed by atoms with Crippen LogP contribution in [0.25, 0.3) is 0 Å². The van der Waals surface area contributed by atoms with Crippen LogP contribution in [0.1, 0.15) is 44.9 Å². The molecule has 4 rings (SSSR count). The Morgan fingerprint density at radius 1 is 1.25 bits per heavy atom. The van der Waals surface area contributed by atoms with E-state index in [4.69, 9.17) is 4.99 Å². The van der Waals surface area contributed by atoms with Gasteiger partial charge in [-0.1, -0.05) is 37.8 Å². The molecule has 1 saturated carbocycles. The molecule has 1 saturated heterocycles. The van der Waals surface area contributed by atoms with Crippen molar-refractivity contribution in [3.63, 3.8) is 0 Å². The molecule has 0 bridgehead atoms. The lowest BCUT2D eigenvalue weighted by Gasteiger charge is -2.45. The van der Waals surface area contributed by atoms with E-state index in [-0.39, 0.29) is 29.0 Å². The van der Waals surface area contributed by atoms with E-state index in [2.05, 4.69) is 24.4 Å². The maximum atomic E-state index is 11.9. The number of allylic oxidation sites excluding steroid dienone is 3. The van der Waals surface area contributed by atoms with Crippen LogP contribution in [0.4, 0.5) is 0 Å². The maximum absolute atomic E-state index is 11.9. The van der Waals surface area contributed by atoms with Gasteiger partial charge in [0.15, 0.2) is 0 Å². The Kier molecular flexibility index (Phi) is 5.45. The van der Waals surface area contributed by atoms with Crippen molar-refractivity contribution in [2.45, 2.75) is 49.7 Å². The Balaban J connectivity index is 0.00000169. The highest BCUT2D eigenvalue weighted by atomic mass is 35.5. The minimum atomic E-state index is -0.609. The Labute approximate surface area is 154 Å². The normalized spacial score (nSPS) is 38.5. The van der Waals surface area contributed by atoms with Crippen molar-refractivity contribution in [3.05, 3.63) is 23.9 Å². The fourth-order valence-electron chi connectivity index (χ4n) is 5.18. The van der Waals surface area contributed by atoms with Gasteiger partial charge in [0.2, 0.25) is 0 Å². The van der Waals surface area contributed by atoms with Gasteiger partial charge in [-0.15, -0.1) is 24.2 Å². The average molecular weight is 368 g/mol. The molecule has 0 aromatic rings. The number of carbonyl (C=O) groups is 1. The van der Waals surface area contributed by atoms with Crippen LogP contribution >= 0.6 is 24.2 Å². The van der Waals surface area contributed by atoms with Gasteiger partial charge in [-0.3, -0.25) is 9.79 Å². The van der Waals surface area contributed by atoms with Crippen LogP contribution in [-0.4, -0.2) is 27.8 Å². The van der Waals surface area contributed by atoms with Gasteiger partial charge in [-0.2, -0.15) is 0 Å². The van der Waals surface area contributed by atoms with Gasteiger partial charge >= 0.3 is 5.97 Å². The standard InChI is InChI=1S/C19H25NO2S.ClH/c21-18(22)15-12-23-19-10-6-5-9-16(19)20-11-14(17(15)19)13-7-3-1-2-4-8-13;/h5-6,9,11,13-15,17H,1-4,7-8,10,12H2,(H,21,22);1H. The molecule has 1 spiro atoms. The van der Waals surface area contributed by atoms with Crippen molar-refractivity contribution < 1.29 is 9.90 Å². The Morgan fingerprint density at radius 3 is 2.71 bits per heavy atom. The minimum Gasteiger partial charge on any atom is -0.481 e. The summed E-state index contributed by atoms with van der Waals surface area (Å²) >= 11 is 1.85. The van der Waals surface area contributed by atoms with Crippen LogP contribution in [0.2, 0.25) is 0 Å². The van der Waals surface area contributed by atoms with E-state index in [0.717, 1.165) is 17.9 Å². The SMILES string of the molecule is Cl.O=C(O)C1CSC23CC=CC=C2N=CC(C2CCCCCC2)C13. The first-order valence-electron chi connectivity index (χ1n) is 9.00. The molecule has 0 radical (unpaired) electrons. The Hall–Kier alpha value is -0.740. The lowest BCUT2D eigenvalue weighted by molar-refractivity contribution is -0.143. The highest BCUT2D eigenvalue weighted by Gasteiger charge is 2.58. The topological polar surface area (TPSA) is 49.7 Å². The molecule has 2 aliphatic carbocycles. The Morgan fingerprint density at radius 2 is 2.00 bits per heavy atom. The van der Waals surface area contributed by atoms with Gasteiger partial charge in [0, 0.05) is 23.8 Å². The van der Waals surface area contributed by atoms with Gasteiger partial charge < -0.3 is 5.11 Å². The second kappa shape index (κ2) is 7.25. The van der Waals surface area contributed by atoms with Gasteiger partial charge in [0.1, 0.15) is 0 Å². The highest BCUT2D eigenvalue weighted by Crippen LogP contribution is 2.60. The molecule has 1 N–H and O–H groups in total. The number of halogens is 1. The number of aliphatic imine (C=N–C) groups is 1. The van der Waals surface area contributed by atoms with Crippen LogP contribution < -0.4 is 0 Å². The zero-order chi connectivity index (χ0) is 15.9. The summed E-state index contributed by atoms with van der Waals surface area (Å²) < 4.78 is -0.0798. The first-order valence-corrected chi connectivity index (χ1v) is 9.99. The molecule has 0 aromatic heterocycles. The van der Waals surface area contributed by atoms with E-state index in [1.165, 1.54) is 38.5 Å². The summed E-state index contributed by atoms with van der Waals surface area (Å²) in [5.74, 6) is 1.07. The van der Waals surface area contributed by atoms with Crippen LogP contribution in [-0.2, 0) is 4.79 Å². The molecule has 3 nitrogen and oxygen atoms in total. The molecule has 5 heteroatoms. The van der Waals surface area contributed by atoms with Crippen LogP contribution in [0.3, 0.4) is 0 Å². The van der Waals surface area contributed by atoms with E-state index < -0.39 is 5.97 Å². The van der Waals surface area contributed by atoms with E-state index in [9.17, 15) is 9.90 Å². The van der Waals surface area contributed by atoms with Crippen molar-refractivity contribution in [2.75, 3.05) is 5.75 Å². The molecule has 4 unspecified atom stereocenters. The predicted molar refractivity (Wildman–Crippen MR) is 102 cm³/mol. The average Bonchev–Trinajstić information content (AvgIpc) is 2.75. The Bertz CT molecular complexity index is 580. The van der Waals surface area contributed by atoms with Gasteiger partial charge in [0.05, 0.1) is 16.4 Å². The first-order chi connectivity index (χ1) is 11.2. The van der Waals surface area contributed by atoms with Gasteiger partial charge in [0.25, 0.3) is 0 Å². The van der Waals surface area contributed by atoms with Crippen molar-refractivity contribution in [1.82, 2.24) is 0 Å². The van der Waals surface area contributed by atoms with E-state index in [1.54, 1.807) is 0 Å². The smallest absolute Gasteiger partial charge is 0.307 e. The van der Waals surface area contributed by atoms with E-state index in [0.29, 0.717) is 11.8 Å². The number of rotatable bonds is 2. The number of thioether (sulfide) groups is 1. The van der Waals surface area contributed by atoms with Crippen molar-refractivity contribution in [2.24, 2.45) is 28.7 Å². The molecular weight excluding hydrogens is 342 g/mol. The molecule has 132 valence electrons. The molecule has 0 amide bonds. The number of hydrogen-bond donors (Lipinski definition) is 1. The third-order valence-electron chi connectivity index (χ3n) is 6.30. The van der Waals surface area contributed by atoms with Crippen molar-refractivity contribution in [3.8, 4) is 0 Å². The third kappa shape index (κ3) is 2.86. The summed E-state index contributed by atoms with van der Waals surface area (Å²) in [7, 11) is 0. The monoisotopic (exact) mass is 367 g/mol. The zero-order valence-electron chi connectivity index (χ0n) is 13.9. The third-order valence-corrected chi connectivity index (χ3v) is 7.99. The number of aliphatic carboxylic acids is 1. The molecule has 2 heterocycles. The molecule has 0 aromatic carbocycles. The summed E-state index contributed by atoms with van der Waals surface area (Å²) in [6.07, 6.45) is 17.2. The summed E-state index contributed by atoms with van der Waals surface area (Å²) in [5.41, 5.74) is 1.11. The minimum absolute atomic E-state index is 0. The summed E-state index contributed by atoms with van der Waals surface area (Å²) in [4.78, 5) is 16.8. The van der Waals surface area contributed by atoms with Crippen molar-refractivity contribution in [1.29, 1.82) is 0 Å². The lowest BCUT2D eigenvalue weighted by Crippen LogP contribution is -2.47. The molecule has 4 aliphatic rings. The largest absolute Gasteiger partial charge is 0.481 e. The van der Waals surface area contributed by atoms with Crippen molar-refractivity contribution >= 4 is 36.4 Å². The number of carboxylic acids is 1. The van der Waals surface area contributed by atoms with Crippen LogP contribution in [0.15, 0.2) is 28.9 Å². The number of hydrogen-bond acceptors (Lipinski definition) is 3. The second-order valence-electron chi connectivity index (χ2n) is 7.46. The predicted octanol–water partition coefficient (Wildman–Crippen LogP) is 4.73. The second-order valence-corrected chi connectivity index (χ2v) is 8.81. The number of nitrogens with zero attached hydrogens (tertiary/aromatic N) is 1. The fraction of sp³-hybridized carbons (Fsp3) is 0.684. The van der Waals surface area contributed by atoms with Crippen LogP contribution in [0, 0.1) is 23.7 Å². The maximum Gasteiger partial charge on any atom is 0.307 e. The lowest BCUT2D eigenvalue weighted by atomic mass is 9.64. The highest BCUT2D eigenvalue weighted by molar-refractivity contribution is 8.01. The molecule has 2 fully saturated rings. The summed E-state index contributed by atoms with van der Waals surface area (Å²) in [6, 6.07) is 0. The van der Waals surface area contributed by atoms with E-state index in [1.807, 2.05) is 11.8 Å². The first kappa shape index (κ1) is 18.1. The summed E-state index contributed by atoms with van der Waals surface area (Å²) in [6.45, 7) is 0. The molecular formula is C19H26ClNO2S. The van der Waals surface area contributed by atoms with Gasteiger partial charge in [-0.25, -0.2) is 0 Å². The number of carboxylic acid groups (broad SMARTS) is 1. The molecule has 24 heavy (non-hydrogen) atoms. The van der Waals surface area contributed by atoms with Gasteiger partial charge in [-0.05, 0) is 31.3 Å². The molecule has 4 atom stereocenters. The zero-order valence-corrected chi connectivity index (χ0v) is 15.5. The fourth-order valence-corrected chi connectivity index (χ4v) is 7.00. The summed E-state index contributed by atoms with van der Waals surface area (Å²) in [5, 5.41) is 9.82.